The lowest BCUT2D eigenvalue weighted by molar-refractivity contribution is -0.117. The lowest BCUT2D eigenvalue weighted by Crippen LogP contribution is -2.23. The maximum absolute atomic E-state index is 13.7. The van der Waals surface area contributed by atoms with Crippen LogP contribution in [0.5, 0.6) is 0 Å². The maximum atomic E-state index is 13.7. The SMILES string of the molecule is CC(C)(C)C1CC=C(c2ccc(C(Cc3ccc(C(=O)CCCS(=O)(=O)O)cc3)C(=O)Nc3cc(Cl)cc(Cl)c3)cc2)CC1. The lowest BCUT2D eigenvalue weighted by atomic mass is 9.72. The average Bonchev–Trinajstić information content (AvgIpc) is 2.94. The highest BCUT2D eigenvalue weighted by atomic mass is 35.5. The van der Waals surface area contributed by atoms with Gasteiger partial charge in [-0.2, -0.15) is 8.42 Å². The van der Waals surface area contributed by atoms with Gasteiger partial charge in [-0.25, -0.2) is 0 Å². The van der Waals surface area contributed by atoms with Gasteiger partial charge in [-0.1, -0.05) is 98.6 Å². The van der Waals surface area contributed by atoms with Gasteiger partial charge in [-0.15, -0.1) is 0 Å². The van der Waals surface area contributed by atoms with Crippen LogP contribution in [0.3, 0.4) is 0 Å². The fraction of sp³-hybridized carbons (Fsp3) is 0.371. The van der Waals surface area contributed by atoms with Crippen molar-refractivity contribution >= 4 is 56.3 Å². The summed E-state index contributed by atoms with van der Waals surface area (Å²) in [5, 5.41) is 3.79. The van der Waals surface area contributed by atoms with E-state index in [0.717, 1.165) is 30.4 Å². The van der Waals surface area contributed by atoms with Crippen LogP contribution in [0, 0.1) is 11.3 Å². The average molecular weight is 657 g/mol. The zero-order chi connectivity index (χ0) is 32.1. The third-order valence-electron chi connectivity index (χ3n) is 8.29. The van der Waals surface area contributed by atoms with E-state index in [0.29, 0.717) is 33.6 Å². The van der Waals surface area contributed by atoms with E-state index in [1.165, 1.54) is 11.1 Å². The van der Waals surface area contributed by atoms with Crippen LogP contribution in [0.25, 0.3) is 5.57 Å². The van der Waals surface area contributed by atoms with Gasteiger partial charge in [0.1, 0.15) is 0 Å². The third kappa shape index (κ3) is 9.77. The number of carbonyl (C=O) groups excluding carboxylic acids is 2. The number of amides is 1. The van der Waals surface area contributed by atoms with Crippen LogP contribution in [0.15, 0.2) is 72.8 Å². The summed E-state index contributed by atoms with van der Waals surface area (Å²) in [6.07, 6.45) is 6.03. The number of halogens is 2. The van der Waals surface area contributed by atoms with Gasteiger partial charge < -0.3 is 5.32 Å². The second-order valence-electron chi connectivity index (χ2n) is 12.6. The van der Waals surface area contributed by atoms with Gasteiger partial charge >= 0.3 is 0 Å². The molecule has 0 spiro atoms. The topological polar surface area (TPSA) is 101 Å². The van der Waals surface area contributed by atoms with Crippen molar-refractivity contribution in [3.63, 3.8) is 0 Å². The molecule has 0 radical (unpaired) electrons. The third-order valence-corrected chi connectivity index (χ3v) is 9.53. The number of ketones is 1. The summed E-state index contributed by atoms with van der Waals surface area (Å²) >= 11 is 12.3. The van der Waals surface area contributed by atoms with Gasteiger partial charge in [0.05, 0.1) is 11.7 Å². The molecule has 0 saturated carbocycles. The maximum Gasteiger partial charge on any atom is 0.264 e. The van der Waals surface area contributed by atoms with Gasteiger partial charge in [-0.3, -0.25) is 14.1 Å². The number of rotatable bonds is 11. The van der Waals surface area contributed by atoms with Crippen LogP contribution in [-0.2, 0) is 21.3 Å². The summed E-state index contributed by atoms with van der Waals surface area (Å²) < 4.78 is 30.8. The molecule has 2 unspecified atom stereocenters. The fourth-order valence-corrected chi connectivity index (χ4v) is 6.69. The molecule has 0 bridgehead atoms. The predicted octanol–water partition coefficient (Wildman–Crippen LogP) is 9.04. The summed E-state index contributed by atoms with van der Waals surface area (Å²) in [4.78, 5) is 26.2. The van der Waals surface area contributed by atoms with E-state index in [2.05, 4.69) is 44.3 Å². The van der Waals surface area contributed by atoms with Crippen LogP contribution in [0.1, 0.15) is 85.8 Å². The van der Waals surface area contributed by atoms with E-state index in [4.69, 9.17) is 27.8 Å². The molecule has 3 aromatic rings. The molecule has 1 aliphatic carbocycles. The van der Waals surface area contributed by atoms with Crippen molar-refractivity contribution in [3.05, 3.63) is 105 Å². The molecule has 0 aliphatic heterocycles. The van der Waals surface area contributed by atoms with Crippen molar-refractivity contribution in [1.82, 2.24) is 0 Å². The van der Waals surface area contributed by atoms with E-state index in [9.17, 15) is 18.0 Å². The number of hydrogen-bond donors (Lipinski definition) is 2. The number of anilines is 1. The number of allylic oxidation sites excluding steroid dienone is 2. The van der Waals surface area contributed by atoms with E-state index >= 15 is 0 Å². The van der Waals surface area contributed by atoms with Gasteiger partial charge in [-0.05, 0) is 83.9 Å². The molecule has 0 aromatic heterocycles. The van der Waals surface area contributed by atoms with E-state index in [1.807, 2.05) is 12.1 Å². The molecule has 3 aromatic carbocycles. The molecular weight excluding hydrogens is 617 g/mol. The Bertz CT molecular complexity index is 1600. The van der Waals surface area contributed by atoms with Crippen LogP contribution in [0.2, 0.25) is 10.0 Å². The number of Topliss-reactive ketones (excluding diaryl/α,β-unsaturated/α-hetero) is 1. The molecule has 234 valence electrons. The highest BCUT2D eigenvalue weighted by molar-refractivity contribution is 7.85. The largest absolute Gasteiger partial charge is 0.325 e. The van der Waals surface area contributed by atoms with E-state index in [1.54, 1.807) is 42.5 Å². The molecule has 44 heavy (non-hydrogen) atoms. The first-order valence-electron chi connectivity index (χ1n) is 14.8. The monoisotopic (exact) mass is 655 g/mol. The number of hydrogen-bond acceptors (Lipinski definition) is 4. The number of nitrogens with one attached hydrogen (secondary N) is 1. The van der Waals surface area contributed by atoms with Crippen molar-refractivity contribution in [2.24, 2.45) is 11.3 Å². The first-order chi connectivity index (χ1) is 20.7. The first kappa shape index (κ1) is 33.9. The van der Waals surface area contributed by atoms with Crippen LogP contribution >= 0.6 is 23.2 Å². The number of benzene rings is 3. The smallest absolute Gasteiger partial charge is 0.264 e. The van der Waals surface area contributed by atoms with Crippen molar-refractivity contribution in [2.45, 2.75) is 65.2 Å². The van der Waals surface area contributed by atoms with Crippen molar-refractivity contribution in [1.29, 1.82) is 0 Å². The molecule has 4 rings (SSSR count). The molecule has 1 aliphatic rings. The highest BCUT2D eigenvalue weighted by Crippen LogP contribution is 2.40. The van der Waals surface area contributed by atoms with Crippen molar-refractivity contribution in [3.8, 4) is 0 Å². The van der Waals surface area contributed by atoms with Crippen LogP contribution in [0.4, 0.5) is 5.69 Å². The minimum atomic E-state index is -4.11. The van der Waals surface area contributed by atoms with Crippen LogP contribution < -0.4 is 5.32 Å². The Labute approximate surface area is 270 Å². The Morgan fingerprint density at radius 2 is 1.61 bits per heavy atom. The van der Waals surface area contributed by atoms with E-state index in [-0.39, 0.29) is 29.9 Å². The molecule has 0 heterocycles. The number of carbonyl (C=O) groups is 2. The zero-order valence-electron chi connectivity index (χ0n) is 25.3. The van der Waals surface area contributed by atoms with Gasteiger partial charge in [0.15, 0.2) is 5.78 Å². The Morgan fingerprint density at radius 3 is 2.16 bits per heavy atom. The molecule has 9 heteroatoms. The van der Waals surface area contributed by atoms with Gasteiger partial charge in [0, 0.05) is 27.7 Å². The standard InChI is InChI=1S/C35H39Cl2NO5S/c1-35(2,3)28-16-14-25(15-17-28)24-10-12-26(13-11-24)32(34(40)38-31-21-29(36)20-30(37)22-31)19-23-6-8-27(9-7-23)33(39)5-4-18-44(41,42)43/h6-14,20-22,28,32H,4-5,15-19H2,1-3H3,(H,38,40)(H,41,42,43). The minimum Gasteiger partial charge on any atom is -0.325 e. The quantitative estimate of drug-likeness (QED) is 0.158. The molecule has 2 atom stereocenters. The predicted molar refractivity (Wildman–Crippen MR) is 179 cm³/mol. The lowest BCUT2D eigenvalue weighted by Gasteiger charge is -2.33. The van der Waals surface area contributed by atoms with Gasteiger partial charge in [0.2, 0.25) is 5.91 Å². The van der Waals surface area contributed by atoms with Crippen molar-refractivity contribution in [2.75, 3.05) is 11.1 Å². The molecule has 0 fully saturated rings. The zero-order valence-corrected chi connectivity index (χ0v) is 27.6. The Morgan fingerprint density at radius 1 is 0.977 bits per heavy atom. The normalized spacial score (nSPS) is 16.2. The van der Waals surface area contributed by atoms with Gasteiger partial charge in [0.25, 0.3) is 10.1 Å². The molecule has 2 N–H and O–H groups in total. The Kier molecular flexibility index (Phi) is 11.1. The summed E-state index contributed by atoms with van der Waals surface area (Å²) in [6.45, 7) is 6.90. The summed E-state index contributed by atoms with van der Waals surface area (Å²) in [7, 11) is -4.11. The first-order valence-corrected chi connectivity index (χ1v) is 17.2. The van der Waals surface area contributed by atoms with Crippen molar-refractivity contribution < 1.29 is 22.6 Å². The molecule has 0 saturated heterocycles. The fourth-order valence-electron chi connectivity index (χ4n) is 5.65. The molecular formula is C35H39Cl2NO5S. The minimum absolute atomic E-state index is 0.00596. The Hall–Kier alpha value is -2.97. The highest BCUT2D eigenvalue weighted by Gasteiger charge is 2.27. The molecule has 1 amide bonds. The summed E-state index contributed by atoms with van der Waals surface area (Å²) in [6, 6.07) is 20.1. The second-order valence-corrected chi connectivity index (χ2v) is 15.0. The van der Waals surface area contributed by atoms with Crippen LogP contribution in [-0.4, -0.2) is 30.4 Å². The molecule has 6 nitrogen and oxygen atoms in total. The van der Waals surface area contributed by atoms with E-state index < -0.39 is 21.8 Å². The summed E-state index contributed by atoms with van der Waals surface area (Å²) in [5.74, 6) is -0.764. The Balaban J connectivity index is 1.53. The second kappa shape index (κ2) is 14.4. The summed E-state index contributed by atoms with van der Waals surface area (Å²) in [5.41, 5.74) is 5.44.